The van der Waals surface area contributed by atoms with Crippen LogP contribution in [0.25, 0.3) is 6.08 Å². The average Bonchev–Trinajstić information content (AvgIpc) is 2.39. The van der Waals surface area contributed by atoms with E-state index in [1.165, 1.54) is 32.4 Å². The van der Waals surface area contributed by atoms with Gasteiger partial charge in [0.2, 0.25) is 5.75 Å². The molecule has 6 heteroatoms. The van der Waals surface area contributed by atoms with Crippen LogP contribution in [0.5, 0.6) is 17.2 Å². The van der Waals surface area contributed by atoms with Crippen LogP contribution >= 0.6 is 0 Å². The fourth-order valence-corrected chi connectivity index (χ4v) is 1.18. The molecule has 0 aliphatic rings. The second kappa shape index (κ2) is 6.51. The zero-order chi connectivity index (χ0) is 13.5. The average molecular weight is 254 g/mol. The normalized spacial score (nSPS) is 10.6. The molecular weight excluding hydrogens is 240 g/mol. The highest BCUT2D eigenvalue weighted by molar-refractivity contribution is 5.87. The molecule has 0 aliphatic carbocycles. The van der Waals surface area contributed by atoms with E-state index in [-0.39, 0.29) is 23.9 Å². The van der Waals surface area contributed by atoms with Crippen LogP contribution in [-0.2, 0) is 14.3 Å². The van der Waals surface area contributed by atoms with E-state index >= 15 is 0 Å². The molecule has 0 fully saturated rings. The first-order valence-electron chi connectivity index (χ1n) is 5.02. The van der Waals surface area contributed by atoms with Gasteiger partial charge in [-0.1, -0.05) is 0 Å². The molecule has 0 atom stereocenters. The molecule has 0 aromatic heterocycles. The molecule has 6 nitrogen and oxygen atoms in total. The fraction of sp³-hybridized carbons (Fsp3) is 0.250. The second-order valence-corrected chi connectivity index (χ2v) is 3.26. The van der Waals surface area contributed by atoms with Gasteiger partial charge in [0.15, 0.2) is 18.3 Å². The Morgan fingerprint density at radius 2 is 2.00 bits per heavy atom. The third kappa shape index (κ3) is 3.39. The molecule has 0 spiro atoms. The summed E-state index contributed by atoms with van der Waals surface area (Å²) in [5.74, 6) is -1.28. The van der Waals surface area contributed by atoms with Gasteiger partial charge in [-0.3, -0.25) is 0 Å². The van der Waals surface area contributed by atoms with Crippen LogP contribution in [0, 0.1) is 0 Å². The summed E-state index contributed by atoms with van der Waals surface area (Å²) in [6.45, 7) is -0.0512. The van der Waals surface area contributed by atoms with E-state index in [4.69, 9.17) is 4.74 Å². The van der Waals surface area contributed by atoms with Gasteiger partial charge in [-0.15, -0.1) is 0 Å². The van der Waals surface area contributed by atoms with Crippen LogP contribution in [0.2, 0.25) is 0 Å². The first kappa shape index (κ1) is 13.9. The first-order chi connectivity index (χ1) is 8.60. The lowest BCUT2D eigenvalue weighted by molar-refractivity contribution is -0.134. The Morgan fingerprint density at radius 1 is 1.28 bits per heavy atom. The highest BCUT2D eigenvalue weighted by Gasteiger charge is 2.11. The highest BCUT2D eigenvalue weighted by atomic mass is 16.7. The maximum absolute atomic E-state index is 10.9. The zero-order valence-corrected chi connectivity index (χ0v) is 10.0. The number of aromatic hydroxyl groups is 2. The minimum absolute atomic E-state index is 0.0512. The number of benzene rings is 1. The predicted molar refractivity (Wildman–Crippen MR) is 63.3 cm³/mol. The number of rotatable bonds is 5. The van der Waals surface area contributed by atoms with Crippen molar-refractivity contribution in [1.82, 2.24) is 0 Å². The van der Waals surface area contributed by atoms with Crippen LogP contribution < -0.4 is 4.74 Å². The van der Waals surface area contributed by atoms with Gasteiger partial charge < -0.3 is 24.4 Å². The lowest BCUT2D eigenvalue weighted by Gasteiger charge is -2.09. The van der Waals surface area contributed by atoms with Crippen LogP contribution in [0.1, 0.15) is 5.56 Å². The topological polar surface area (TPSA) is 85.2 Å². The second-order valence-electron chi connectivity index (χ2n) is 3.26. The zero-order valence-electron chi connectivity index (χ0n) is 10.0. The molecule has 0 bridgehead atoms. The van der Waals surface area contributed by atoms with Crippen LogP contribution in [-0.4, -0.2) is 37.2 Å². The Labute approximate surface area is 104 Å². The van der Waals surface area contributed by atoms with Crippen LogP contribution in [0.4, 0.5) is 0 Å². The predicted octanol–water partition coefficient (Wildman–Crippen LogP) is 1.27. The molecule has 0 radical (unpaired) electrons. The molecular formula is C12H14O6. The van der Waals surface area contributed by atoms with Crippen molar-refractivity contribution in [3.8, 4) is 17.2 Å². The third-order valence-corrected chi connectivity index (χ3v) is 2.08. The van der Waals surface area contributed by atoms with E-state index in [1.54, 1.807) is 0 Å². The summed E-state index contributed by atoms with van der Waals surface area (Å²) in [5.41, 5.74) is 0.266. The molecule has 0 heterocycles. The van der Waals surface area contributed by atoms with E-state index < -0.39 is 11.7 Å². The van der Waals surface area contributed by atoms with Gasteiger partial charge in [0, 0.05) is 18.7 Å². The minimum Gasteiger partial charge on any atom is -0.504 e. The Balaban J connectivity index is 2.93. The molecule has 18 heavy (non-hydrogen) atoms. The molecule has 0 saturated heterocycles. The highest BCUT2D eigenvalue weighted by Crippen LogP contribution is 2.38. The van der Waals surface area contributed by atoms with Gasteiger partial charge >= 0.3 is 5.97 Å². The minimum atomic E-state index is -0.561. The number of carbonyl (C=O) groups is 1. The Morgan fingerprint density at radius 3 is 2.61 bits per heavy atom. The molecule has 1 aromatic rings. The van der Waals surface area contributed by atoms with Gasteiger partial charge in [0.1, 0.15) is 0 Å². The fourth-order valence-electron chi connectivity index (χ4n) is 1.18. The Bertz CT molecular complexity index is 452. The maximum Gasteiger partial charge on any atom is 0.330 e. The monoisotopic (exact) mass is 254 g/mol. The number of phenols is 2. The summed E-state index contributed by atoms with van der Waals surface area (Å²) in [7, 11) is 2.68. The Kier molecular flexibility index (Phi) is 5.01. The summed E-state index contributed by atoms with van der Waals surface area (Å²) in [4.78, 5) is 10.9. The van der Waals surface area contributed by atoms with Crippen molar-refractivity contribution in [2.45, 2.75) is 0 Å². The molecule has 0 unspecified atom stereocenters. The van der Waals surface area contributed by atoms with Crippen molar-refractivity contribution in [3.05, 3.63) is 23.8 Å². The molecule has 0 aliphatic heterocycles. The van der Waals surface area contributed by atoms with Crippen molar-refractivity contribution < 1.29 is 29.2 Å². The number of hydrogen-bond acceptors (Lipinski definition) is 6. The van der Waals surface area contributed by atoms with Gasteiger partial charge in [-0.2, -0.15) is 0 Å². The van der Waals surface area contributed by atoms with E-state index in [0.717, 1.165) is 6.08 Å². The summed E-state index contributed by atoms with van der Waals surface area (Å²) < 4.78 is 14.1. The number of ether oxygens (including phenoxy) is 3. The van der Waals surface area contributed by atoms with E-state index in [1.807, 2.05) is 0 Å². The molecule has 2 N–H and O–H groups in total. The molecule has 1 aromatic carbocycles. The third-order valence-electron chi connectivity index (χ3n) is 2.08. The first-order valence-corrected chi connectivity index (χ1v) is 5.02. The number of carbonyl (C=O) groups excluding carboxylic acids is 1. The van der Waals surface area contributed by atoms with Crippen LogP contribution in [0.3, 0.4) is 0 Å². The van der Waals surface area contributed by atoms with Crippen molar-refractivity contribution in [2.75, 3.05) is 21.0 Å². The summed E-state index contributed by atoms with van der Waals surface area (Å²) in [5, 5.41) is 19.3. The largest absolute Gasteiger partial charge is 0.504 e. The standard InChI is InChI=1S/C12H14O6/c1-16-7-18-9-5-3-8(11(14)12(9)15)4-6-10(13)17-2/h3-6,14-15H,7H2,1-2H3/b6-4+. The number of hydrogen-bond donors (Lipinski definition) is 2. The van der Waals surface area contributed by atoms with Crippen molar-refractivity contribution in [1.29, 1.82) is 0 Å². The quantitative estimate of drug-likeness (QED) is 0.356. The SMILES string of the molecule is COCOc1ccc(/C=C/C(=O)OC)c(O)c1O. The summed E-state index contributed by atoms with van der Waals surface area (Å²) >= 11 is 0. The number of esters is 1. The lowest BCUT2D eigenvalue weighted by atomic mass is 10.1. The molecule has 98 valence electrons. The van der Waals surface area contributed by atoms with E-state index in [9.17, 15) is 15.0 Å². The van der Waals surface area contributed by atoms with E-state index in [2.05, 4.69) is 9.47 Å². The van der Waals surface area contributed by atoms with Crippen LogP contribution in [0.15, 0.2) is 18.2 Å². The smallest absolute Gasteiger partial charge is 0.330 e. The number of phenolic OH excluding ortho intramolecular Hbond substituents is 2. The van der Waals surface area contributed by atoms with E-state index in [0.29, 0.717) is 0 Å². The van der Waals surface area contributed by atoms with Gasteiger partial charge in [-0.05, 0) is 18.2 Å². The van der Waals surface area contributed by atoms with Gasteiger partial charge in [0.05, 0.1) is 7.11 Å². The Hall–Kier alpha value is -2.21. The van der Waals surface area contributed by atoms with Crippen molar-refractivity contribution in [2.24, 2.45) is 0 Å². The molecule has 0 saturated carbocycles. The summed E-state index contributed by atoms with van der Waals surface area (Å²) in [6.07, 6.45) is 2.45. The maximum atomic E-state index is 10.9. The number of methoxy groups -OCH3 is 2. The molecule has 1 rings (SSSR count). The van der Waals surface area contributed by atoms with Crippen molar-refractivity contribution >= 4 is 12.0 Å². The van der Waals surface area contributed by atoms with Gasteiger partial charge in [0.25, 0.3) is 0 Å². The van der Waals surface area contributed by atoms with Gasteiger partial charge in [-0.25, -0.2) is 4.79 Å². The summed E-state index contributed by atoms with van der Waals surface area (Å²) in [6, 6.07) is 2.94. The lowest BCUT2D eigenvalue weighted by Crippen LogP contribution is -1.99. The van der Waals surface area contributed by atoms with Crippen molar-refractivity contribution in [3.63, 3.8) is 0 Å². The molecule has 0 amide bonds.